The van der Waals surface area contributed by atoms with Gasteiger partial charge in [-0.3, -0.25) is 4.79 Å². The van der Waals surface area contributed by atoms with Gasteiger partial charge in [-0.05, 0) is 59.5 Å². The molecule has 100 valence electrons. The van der Waals surface area contributed by atoms with Gasteiger partial charge in [-0.1, -0.05) is 6.07 Å². The van der Waals surface area contributed by atoms with Crippen molar-refractivity contribution in [2.24, 2.45) is 0 Å². The number of hydrogen-bond donors (Lipinski definition) is 1. The van der Waals surface area contributed by atoms with Gasteiger partial charge in [0.25, 0.3) is 0 Å². The molecule has 1 N–H and O–H groups in total. The number of halogens is 2. The summed E-state index contributed by atoms with van der Waals surface area (Å²) in [7, 11) is 0. The Bertz CT molecular complexity index is 396. The minimum atomic E-state index is -0.745. The van der Waals surface area contributed by atoms with Crippen molar-refractivity contribution in [3.8, 4) is 5.75 Å². The van der Waals surface area contributed by atoms with Crippen molar-refractivity contribution in [2.75, 3.05) is 12.5 Å². The third-order valence-corrected chi connectivity index (χ3v) is 3.50. The van der Waals surface area contributed by atoms with Crippen molar-refractivity contribution in [1.82, 2.24) is 0 Å². The number of alkyl halides is 1. The molecule has 0 fully saturated rings. The van der Waals surface area contributed by atoms with Gasteiger partial charge in [-0.15, -0.1) is 11.6 Å². The van der Waals surface area contributed by atoms with Crippen LogP contribution in [0.4, 0.5) is 0 Å². The van der Waals surface area contributed by atoms with Gasteiger partial charge in [0.05, 0.1) is 10.2 Å². The topological polar surface area (TPSA) is 46.5 Å². The molecule has 0 aromatic heterocycles. The molecule has 0 saturated heterocycles. The van der Waals surface area contributed by atoms with Crippen LogP contribution in [0.5, 0.6) is 5.75 Å². The van der Waals surface area contributed by atoms with Crippen LogP contribution in [0.1, 0.15) is 24.8 Å². The maximum absolute atomic E-state index is 10.4. The predicted octanol–water partition coefficient (Wildman–Crippen LogP) is 3.71. The Kier molecular flexibility index (Phi) is 7.42. The number of aryl methyl sites for hydroxylation is 1. The summed E-state index contributed by atoms with van der Waals surface area (Å²) < 4.78 is 6.64. The summed E-state index contributed by atoms with van der Waals surface area (Å²) in [6, 6.07) is 5.96. The highest BCUT2D eigenvalue weighted by Crippen LogP contribution is 2.23. The van der Waals surface area contributed by atoms with E-state index in [4.69, 9.17) is 21.4 Å². The number of carboxylic acid groups (broad SMARTS) is 1. The minimum Gasteiger partial charge on any atom is -0.492 e. The van der Waals surface area contributed by atoms with E-state index in [9.17, 15) is 4.79 Å². The van der Waals surface area contributed by atoms with Crippen LogP contribution < -0.4 is 4.74 Å². The number of carboxylic acids is 1. The standard InChI is InChI=1S/C13H16ClIO3/c14-7-2-8-18-12-6-5-10(9-11(12)15)3-1-4-13(16)17/h5-6,9H,1-4,7-8H2,(H,16,17). The first-order valence-electron chi connectivity index (χ1n) is 5.82. The zero-order valence-corrected chi connectivity index (χ0v) is 12.9. The van der Waals surface area contributed by atoms with Gasteiger partial charge >= 0.3 is 5.97 Å². The number of carbonyl (C=O) groups is 1. The first-order chi connectivity index (χ1) is 8.63. The molecule has 1 rings (SSSR count). The molecule has 0 bridgehead atoms. The lowest BCUT2D eigenvalue weighted by molar-refractivity contribution is -0.137. The Morgan fingerprint density at radius 3 is 2.78 bits per heavy atom. The van der Waals surface area contributed by atoms with Crippen molar-refractivity contribution in [3.05, 3.63) is 27.3 Å². The Morgan fingerprint density at radius 2 is 2.17 bits per heavy atom. The molecule has 0 heterocycles. The summed E-state index contributed by atoms with van der Waals surface area (Å²) in [6.45, 7) is 0.623. The zero-order valence-electron chi connectivity index (χ0n) is 9.99. The lowest BCUT2D eigenvalue weighted by atomic mass is 10.1. The van der Waals surface area contributed by atoms with Crippen molar-refractivity contribution in [3.63, 3.8) is 0 Å². The van der Waals surface area contributed by atoms with Crippen molar-refractivity contribution in [1.29, 1.82) is 0 Å². The summed E-state index contributed by atoms with van der Waals surface area (Å²) >= 11 is 7.81. The Balaban J connectivity index is 2.48. The fraction of sp³-hybridized carbons (Fsp3) is 0.462. The van der Waals surface area contributed by atoms with E-state index in [1.165, 1.54) is 0 Å². The fourth-order valence-electron chi connectivity index (χ4n) is 1.50. The largest absolute Gasteiger partial charge is 0.492 e. The Labute approximate surface area is 126 Å². The molecule has 0 radical (unpaired) electrons. The number of aliphatic carboxylic acids is 1. The molecule has 0 aliphatic heterocycles. The van der Waals surface area contributed by atoms with E-state index in [1.54, 1.807) is 0 Å². The Morgan fingerprint density at radius 1 is 1.39 bits per heavy atom. The highest BCUT2D eigenvalue weighted by Gasteiger charge is 2.04. The van der Waals surface area contributed by atoms with Crippen LogP contribution in [0.3, 0.4) is 0 Å². The minimum absolute atomic E-state index is 0.213. The van der Waals surface area contributed by atoms with E-state index in [2.05, 4.69) is 22.6 Å². The molecular weight excluding hydrogens is 366 g/mol. The van der Waals surface area contributed by atoms with Crippen LogP contribution in [0, 0.1) is 3.57 Å². The lowest BCUT2D eigenvalue weighted by Gasteiger charge is -2.09. The van der Waals surface area contributed by atoms with Gasteiger partial charge in [0.2, 0.25) is 0 Å². The SMILES string of the molecule is O=C(O)CCCc1ccc(OCCCCl)c(I)c1. The second kappa shape index (κ2) is 8.58. The van der Waals surface area contributed by atoms with Gasteiger partial charge in [0, 0.05) is 12.3 Å². The quantitative estimate of drug-likeness (QED) is 0.423. The van der Waals surface area contributed by atoms with Crippen LogP contribution in [0.25, 0.3) is 0 Å². The molecule has 0 amide bonds. The maximum atomic E-state index is 10.4. The smallest absolute Gasteiger partial charge is 0.303 e. The molecule has 18 heavy (non-hydrogen) atoms. The molecular formula is C13H16ClIO3. The highest BCUT2D eigenvalue weighted by atomic mass is 127. The summed E-state index contributed by atoms with van der Waals surface area (Å²) in [5.74, 6) is 0.720. The van der Waals surface area contributed by atoms with E-state index in [0.717, 1.165) is 27.7 Å². The summed E-state index contributed by atoms with van der Waals surface area (Å²) in [4.78, 5) is 10.4. The van der Waals surface area contributed by atoms with E-state index >= 15 is 0 Å². The first-order valence-corrected chi connectivity index (χ1v) is 7.44. The summed E-state index contributed by atoms with van der Waals surface area (Å²) in [5.41, 5.74) is 1.14. The lowest BCUT2D eigenvalue weighted by Crippen LogP contribution is -2.00. The predicted molar refractivity (Wildman–Crippen MR) is 80.6 cm³/mol. The van der Waals surface area contributed by atoms with Gasteiger partial charge in [-0.2, -0.15) is 0 Å². The maximum Gasteiger partial charge on any atom is 0.303 e. The second-order valence-electron chi connectivity index (χ2n) is 3.90. The van der Waals surface area contributed by atoms with Crippen molar-refractivity contribution in [2.45, 2.75) is 25.7 Å². The third kappa shape index (κ3) is 5.91. The molecule has 0 unspecified atom stereocenters. The molecule has 0 saturated carbocycles. The number of benzene rings is 1. The molecule has 0 aliphatic rings. The van der Waals surface area contributed by atoms with Crippen molar-refractivity contribution < 1.29 is 14.6 Å². The van der Waals surface area contributed by atoms with Gasteiger partial charge in [0.15, 0.2) is 0 Å². The summed E-state index contributed by atoms with van der Waals surface area (Å²) in [5, 5.41) is 8.58. The molecule has 0 spiro atoms. The molecule has 0 aliphatic carbocycles. The average Bonchev–Trinajstić information content (AvgIpc) is 2.31. The molecule has 1 aromatic rings. The normalized spacial score (nSPS) is 10.3. The van der Waals surface area contributed by atoms with Crippen LogP contribution in [0.2, 0.25) is 0 Å². The van der Waals surface area contributed by atoms with E-state index in [1.807, 2.05) is 18.2 Å². The molecule has 3 nitrogen and oxygen atoms in total. The molecule has 0 atom stereocenters. The fourth-order valence-corrected chi connectivity index (χ4v) is 2.34. The Hall–Kier alpha value is -0.490. The zero-order chi connectivity index (χ0) is 13.4. The number of hydrogen-bond acceptors (Lipinski definition) is 2. The van der Waals surface area contributed by atoms with E-state index in [-0.39, 0.29) is 6.42 Å². The van der Waals surface area contributed by atoms with Crippen LogP contribution in [-0.4, -0.2) is 23.6 Å². The van der Waals surface area contributed by atoms with E-state index in [0.29, 0.717) is 18.9 Å². The van der Waals surface area contributed by atoms with Gasteiger partial charge in [-0.25, -0.2) is 0 Å². The van der Waals surface area contributed by atoms with E-state index < -0.39 is 5.97 Å². The van der Waals surface area contributed by atoms with Gasteiger partial charge < -0.3 is 9.84 Å². The second-order valence-corrected chi connectivity index (χ2v) is 5.44. The van der Waals surface area contributed by atoms with Crippen LogP contribution >= 0.6 is 34.2 Å². The summed E-state index contributed by atoms with van der Waals surface area (Å²) in [6.07, 6.45) is 2.49. The van der Waals surface area contributed by atoms with Crippen LogP contribution in [0.15, 0.2) is 18.2 Å². The number of rotatable bonds is 8. The average molecular weight is 383 g/mol. The van der Waals surface area contributed by atoms with Crippen molar-refractivity contribution >= 4 is 40.2 Å². The third-order valence-electron chi connectivity index (χ3n) is 2.39. The molecule has 5 heteroatoms. The van der Waals surface area contributed by atoms with Gasteiger partial charge in [0.1, 0.15) is 5.75 Å². The monoisotopic (exact) mass is 382 g/mol. The number of ether oxygens (including phenoxy) is 1. The molecule has 1 aromatic carbocycles. The first kappa shape index (κ1) is 15.6. The highest BCUT2D eigenvalue weighted by molar-refractivity contribution is 14.1. The van der Waals surface area contributed by atoms with Crippen LogP contribution in [-0.2, 0) is 11.2 Å².